The molecule has 4 heterocycles. The summed E-state index contributed by atoms with van der Waals surface area (Å²) in [7, 11) is 0. The van der Waals surface area contributed by atoms with E-state index < -0.39 is 6.17 Å². The van der Waals surface area contributed by atoms with Crippen LogP contribution in [-0.4, -0.2) is 52.8 Å². The van der Waals surface area contributed by atoms with Crippen LogP contribution in [0.2, 0.25) is 0 Å². The second kappa shape index (κ2) is 9.16. The molecule has 0 radical (unpaired) electrons. The monoisotopic (exact) mass is 528 g/mol. The fourth-order valence-corrected chi connectivity index (χ4v) is 8.88. The van der Waals surface area contributed by atoms with Crippen LogP contribution in [0.3, 0.4) is 0 Å². The van der Waals surface area contributed by atoms with Crippen LogP contribution in [0.1, 0.15) is 98.5 Å². The minimum Gasteiger partial charge on any atom is -0.398 e. The Morgan fingerprint density at radius 2 is 2.00 bits per heavy atom. The minimum atomic E-state index is -0.705. The number of fused-ring (bicyclic) bond motifs is 4. The molecule has 4 unspecified atom stereocenters. The fraction of sp³-hybridized carbons (Fsp3) is 0.656. The Kier molecular flexibility index (Phi) is 5.93. The number of nitrogen functional groups attached to an aromatic ring is 1. The van der Waals surface area contributed by atoms with E-state index in [1.807, 2.05) is 6.07 Å². The molecule has 6 nitrogen and oxygen atoms in total. The largest absolute Gasteiger partial charge is 0.398 e. The van der Waals surface area contributed by atoms with E-state index in [1.165, 1.54) is 28.8 Å². The lowest BCUT2D eigenvalue weighted by atomic mass is 9.59. The summed E-state index contributed by atoms with van der Waals surface area (Å²) in [5, 5.41) is 10.2. The minimum absolute atomic E-state index is 0.0109. The highest BCUT2D eigenvalue weighted by molar-refractivity contribution is 5.65. The summed E-state index contributed by atoms with van der Waals surface area (Å²) in [4.78, 5) is 15.3. The summed E-state index contributed by atoms with van der Waals surface area (Å²) in [6, 6.07) is 6.56. The third kappa shape index (κ3) is 3.96. The number of hydrogen-bond acceptors (Lipinski definition) is 6. The Morgan fingerprint density at radius 3 is 2.79 bits per heavy atom. The van der Waals surface area contributed by atoms with Gasteiger partial charge in [-0.1, -0.05) is 19.9 Å². The summed E-state index contributed by atoms with van der Waals surface area (Å²) in [5.41, 5.74) is 12.5. The molecule has 39 heavy (non-hydrogen) atoms. The van der Waals surface area contributed by atoms with E-state index in [1.54, 1.807) is 0 Å². The van der Waals surface area contributed by atoms with Gasteiger partial charge in [-0.15, -0.1) is 0 Å². The molecule has 2 aromatic rings. The molecule has 7 heteroatoms. The lowest BCUT2D eigenvalue weighted by molar-refractivity contribution is 0.181. The van der Waals surface area contributed by atoms with Gasteiger partial charge in [-0.05, 0) is 93.4 Å². The fourth-order valence-electron chi connectivity index (χ4n) is 8.88. The van der Waals surface area contributed by atoms with E-state index in [9.17, 15) is 9.65 Å². The Balaban J connectivity index is 1.26. The van der Waals surface area contributed by atoms with Crippen molar-refractivity contribution >= 4 is 11.5 Å². The number of hydrogen-bond donors (Lipinski definition) is 1. The van der Waals surface area contributed by atoms with Crippen molar-refractivity contribution in [3.63, 3.8) is 0 Å². The number of nitrogens with zero attached hydrogens (tertiary/aromatic N) is 5. The van der Waals surface area contributed by atoms with Crippen molar-refractivity contribution in [2.45, 2.75) is 101 Å². The van der Waals surface area contributed by atoms with Gasteiger partial charge in [0.1, 0.15) is 23.9 Å². The molecule has 0 bridgehead atoms. The van der Waals surface area contributed by atoms with Crippen LogP contribution in [0.5, 0.6) is 0 Å². The molecule has 2 aliphatic carbocycles. The molecule has 0 saturated carbocycles. The van der Waals surface area contributed by atoms with Crippen molar-refractivity contribution in [3.05, 3.63) is 45.9 Å². The van der Waals surface area contributed by atoms with Crippen molar-refractivity contribution in [2.75, 3.05) is 36.8 Å². The summed E-state index contributed by atoms with van der Waals surface area (Å²) in [6.07, 6.45) is 8.90. The van der Waals surface area contributed by atoms with Crippen LogP contribution in [0.15, 0.2) is 12.1 Å². The first kappa shape index (κ1) is 25.3. The van der Waals surface area contributed by atoms with E-state index >= 15 is 0 Å². The van der Waals surface area contributed by atoms with Crippen LogP contribution >= 0.6 is 0 Å². The maximum absolute atomic E-state index is 14.4. The second-order valence-electron chi connectivity index (χ2n) is 13.5. The van der Waals surface area contributed by atoms with Gasteiger partial charge in [0.15, 0.2) is 0 Å². The first-order chi connectivity index (χ1) is 18.8. The van der Waals surface area contributed by atoms with Crippen molar-refractivity contribution in [3.8, 4) is 6.07 Å². The number of halogens is 1. The predicted octanol–water partition coefficient (Wildman–Crippen LogP) is 5.22. The number of benzene rings is 1. The lowest BCUT2D eigenvalue weighted by Crippen LogP contribution is -2.47. The molecule has 2 N–H and O–H groups in total. The SMILES string of the molecule is CC1CN(c2nc(CCC34CCCN3CC(F)C4)nc3c2CCC2(CCC(C)c4ccc(N)c(C#N)c42)C3)C1. The standard InChI is InChI=1S/C32H41FN6/c1-20-17-38(18-20)30-24-7-11-31(10-6-21(2)23-4-5-26(35)25(16-34)29(23)31)15-27(24)36-28(37-30)8-12-32-9-3-13-39(32)19-22(33)14-32/h4-5,20-22H,3,6-15,17-19,35H2,1-2H3. The van der Waals surface area contributed by atoms with E-state index in [0.29, 0.717) is 36.1 Å². The summed E-state index contributed by atoms with van der Waals surface area (Å²) >= 11 is 0. The van der Waals surface area contributed by atoms with E-state index in [4.69, 9.17) is 15.7 Å². The highest BCUT2D eigenvalue weighted by Crippen LogP contribution is 2.52. The summed E-state index contributed by atoms with van der Waals surface area (Å²) in [5.74, 6) is 3.17. The van der Waals surface area contributed by atoms with Gasteiger partial charge in [-0.25, -0.2) is 14.4 Å². The Bertz CT molecular complexity index is 1350. The Labute approximate surface area is 231 Å². The third-order valence-electron chi connectivity index (χ3n) is 10.9. The van der Waals surface area contributed by atoms with E-state index in [-0.39, 0.29) is 11.0 Å². The molecule has 1 aromatic carbocycles. The van der Waals surface area contributed by atoms with Gasteiger partial charge in [0, 0.05) is 48.3 Å². The first-order valence-corrected chi connectivity index (χ1v) is 15.2. The molecule has 1 aromatic heterocycles. The summed E-state index contributed by atoms with van der Waals surface area (Å²) in [6.45, 7) is 8.28. The molecule has 5 aliphatic rings. The molecule has 0 amide bonds. The average Bonchev–Trinajstić information content (AvgIpc) is 3.43. The number of alkyl halides is 1. The molecule has 3 aliphatic heterocycles. The van der Waals surface area contributed by atoms with Crippen molar-refractivity contribution in [1.29, 1.82) is 5.26 Å². The molecule has 1 spiro atoms. The number of nitrogens with two attached hydrogens (primary N) is 1. The van der Waals surface area contributed by atoms with Gasteiger partial charge in [0.05, 0.1) is 11.3 Å². The number of aryl methyl sites for hydroxylation is 1. The van der Waals surface area contributed by atoms with Crippen LogP contribution in [-0.2, 0) is 24.7 Å². The zero-order valence-electron chi connectivity index (χ0n) is 23.5. The Morgan fingerprint density at radius 1 is 1.15 bits per heavy atom. The van der Waals surface area contributed by atoms with Crippen LogP contribution in [0, 0.1) is 17.2 Å². The van der Waals surface area contributed by atoms with Crippen LogP contribution in [0.4, 0.5) is 15.9 Å². The summed E-state index contributed by atoms with van der Waals surface area (Å²) < 4.78 is 14.4. The highest BCUT2D eigenvalue weighted by Gasteiger charge is 2.49. The molecule has 3 saturated heterocycles. The second-order valence-corrected chi connectivity index (χ2v) is 13.5. The van der Waals surface area contributed by atoms with Crippen molar-refractivity contribution in [2.24, 2.45) is 5.92 Å². The molecule has 7 rings (SSSR count). The van der Waals surface area contributed by atoms with Crippen LogP contribution in [0.25, 0.3) is 0 Å². The number of rotatable bonds is 4. The van der Waals surface area contributed by atoms with Crippen molar-refractivity contribution in [1.82, 2.24) is 14.9 Å². The average molecular weight is 529 g/mol. The van der Waals surface area contributed by atoms with Gasteiger partial charge < -0.3 is 10.6 Å². The molecular weight excluding hydrogens is 487 g/mol. The first-order valence-electron chi connectivity index (χ1n) is 15.2. The highest BCUT2D eigenvalue weighted by atomic mass is 19.1. The zero-order chi connectivity index (χ0) is 26.9. The smallest absolute Gasteiger partial charge is 0.135 e. The van der Waals surface area contributed by atoms with Gasteiger partial charge in [0.25, 0.3) is 0 Å². The van der Waals surface area contributed by atoms with E-state index in [0.717, 1.165) is 82.6 Å². The van der Waals surface area contributed by atoms with Crippen LogP contribution < -0.4 is 10.6 Å². The predicted molar refractivity (Wildman–Crippen MR) is 152 cm³/mol. The number of anilines is 2. The van der Waals surface area contributed by atoms with Crippen molar-refractivity contribution < 1.29 is 4.39 Å². The Hall–Kier alpha value is -2.72. The van der Waals surface area contributed by atoms with E-state index in [2.05, 4.69) is 35.8 Å². The topological polar surface area (TPSA) is 82.1 Å². The van der Waals surface area contributed by atoms with Gasteiger partial charge in [-0.2, -0.15) is 5.26 Å². The quantitative estimate of drug-likeness (QED) is 0.548. The molecular formula is C32H41FN6. The van der Waals surface area contributed by atoms with Gasteiger partial charge in [-0.3, -0.25) is 4.90 Å². The van der Waals surface area contributed by atoms with Gasteiger partial charge >= 0.3 is 0 Å². The number of nitriles is 1. The maximum atomic E-state index is 14.4. The zero-order valence-corrected chi connectivity index (χ0v) is 23.5. The lowest BCUT2D eigenvalue weighted by Gasteiger charge is -2.46. The van der Waals surface area contributed by atoms with Gasteiger partial charge in [0.2, 0.25) is 0 Å². The number of aromatic nitrogens is 2. The normalized spacial score (nSPS) is 32.0. The third-order valence-corrected chi connectivity index (χ3v) is 10.9. The molecule has 4 atom stereocenters. The molecule has 3 fully saturated rings. The maximum Gasteiger partial charge on any atom is 0.135 e. The molecule has 206 valence electrons.